The van der Waals surface area contributed by atoms with Crippen LogP contribution in [0.25, 0.3) is 11.0 Å². The maximum absolute atomic E-state index is 13.7. The lowest BCUT2D eigenvalue weighted by Crippen LogP contribution is -2.25. The summed E-state index contributed by atoms with van der Waals surface area (Å²) in [5.41, 5.74) is 2.69. The van der Waals surface area contributed by atoms with Crippen molar-refractivity contribution in [1.82, 2.24) is 30.2 Å². The SMILES string of the molecule is O=C(NCc1ncccc1F)c1csc(C2C3CN(Cc4nc5ccccc5[nH]4)CC32)n1. The van der Waals surface area contributed by atoms with Crippen molar-refractivity contribution in [2.75, 3.05) is 13.1 Å². The Hall–Kier alpha value is -3.17. The Balaban J connectivity index is 1.04. The van der Waals surface area contributed by atoms with Gasteiger partial charge in [0.15, 0.2) is 0 Å². The molecule has 7 nitrogen and oxygen atoms in total. The highest BCUT2D eigenvalue weighted by molar-refractivity contribution is 7.10. The highest BCUT2D eigenvalue weighted by Crippen LogP contribution is 2.58. The van der Waals surface area contributed by atoms with Crippen molar-refractivity contribution in [1.29, 1.82) is 0 Å². The molecule has 1 saturated carbocycles. The van der Waals surface area contributed by atoms with Gasteiger partial charge in [-0.25, -0.2) is 14.4 Å². The predicted molar refractivity (Wildman–Crippen MR) is 119 cm³/mol. The number of amides is 1. The zero-order valence-corrected chi connectivity index (χ0v) is 18.0. The average Bonchev–Trinajstić information content (AvgIpc) is 3.24. The summed E-state index contributed by atoms with van der Waals surface area (Å²) >= 11 is 1.54. The molecule has 1 aliphatic carbocycles. The van der Waals surface area contributed by atoms with Gasteiger partial charge < -0.3 is 10.3 Å². The third-order valence-electron chi connectivity index (χ3n) is 6.37. The number of nitrogens with zero attached hydrogens (tertiary/aromatic N) is 4. The Labute approximate surface area is 187 Å². The number of hydrogen-bond donors (Lipinski definition) is 2. The maximum Gasteiger partial charge on any atom is 0.271 e. The molecule has 9 heteroatoms. The second kappa shape index (κ2) is 7.75. The molecule has 1 amide bonds. The van der Waals surface area contributed by atoms with E-state index in [1.165, 1.54) is 29.7 Å². The van der Waals surface area contributed by atoms with Crippen LogP contribution in [0.15, 0.2) is 48.0 Å². The van der Waals surface area contributed by atoms with Gasteiger partial charge >= 0.3 is 0 Å². The van der Waals surface area contributed by atoms with E-state index in [0.29, 0.717) is 23.4 Å². The predicted octanol–water partition coefficient (Wildman–Crippen LogP) is 3.33. The lowest BCUT2D eigenvalue weighted by Gasteiger charge is -2.17. The summed E-state index contributed by atoms with van der Waals surface area (Å²) in [6.45, 7) is 2.91. The van der Waals surface area contributed by atoms with Gasteiger partial charge in [-0.3, -0.25) is 14.7 Å². The minimum absolute atomic E-state index is 0.0454. The van der Waals surface area contributed by atoms with Gasteiger partial charge in [0.1, 0.15) is 17.3 Å². The summed E-state index contributed by atoms with van der Waals surface area (Å²) in [5.74, 6) is 1.89. The Morgan fingerprint density at radius 2 is 2.03 bits per heavy atom. The van der Waals surface area contributed by atoms with Crippen LogP contribution in [0.3, 0.4) is 0 Å². The van der Waals surface area contributed by atoms with Crippen molar-refractivity contribution in [2.24, 2.45) is 11.8 Å². The fraction of sp³-hybridized carbons (Fsp3) is 0.304. The topological polar surface area (TPSA) is 86.8 Å². The molecule has 1 aromatic carbocycles. The quantitative estimate of drug-likeness (QED) is 0.473. The van der Waals surface area contributed by atoms with Crippen molar-refractivity contribution in [3.05, 3.63) is 76.0 Å². The van der Waals surface area contributed by atoms with Gasteiger partial charge in [0.2, 0.25) is 0 Å². The molecule has 162 valence electrons. The van der Waals surface area contributed by atoms with E-state index in [9.17, 15) is 9.18 Å². The van der Waals surface area contributed by atoms with E-state index >= 15 is 0 Å². The van der Waals surface area contributed by atoms with Crippen LogP contribution in [0.5, 0.6) is 0 Å². The number of piperidine rings is 1. The number of carbonyl (C=O) groups is 1. The number of H-pyrrole nitrogens is 1. The standard InChI is InChI=1S/C23H21FN6OS/c24-15-4-3-7-25-18(15)8-26-22(31)19-12-32-23(29-19)21-13-9-30(10-14(13)21)11-20-27-16-5-1-2-6-17(16)28-20/h1-7,12-14,21H,8-11H2,(H,26,31)(H,27,28). The van der Waals surface area contributed by atoms with Crippen LogP contribution in [0.1, 0.15) is 32.9 Å². The summed E-state index contributed by atoms with van der Waals surface area (Å²) in [7, 11) is 0. The number of aromatic nitrogens is 4. The number of halogens is 1. The lowest BCUT2D eigenvalue weighted by molar-refractivity contribution is 0.0945. The molecule has 2 fully saturated rings. The fourth-order valence-electron chi connectivity index (χ4n) is 4.75. The Bertz CT molecular complexity index is 1260. The third kappa shape index (κ3) is 3.57. The van der Waals surface area contributed by atoms with Gasteiger partial charge in [0.05, 0.1) is 34.8 Å². The minimum Gasteiger partial charge on any atom is -0.345 e. The molecule has 2 aliphatic rings. The van der Waals surface area contributed by atoms with Crippen LogP contribution < -0.4 is 5.32 Å². The zero-order chi connectivity index (χ0) is 21.7. The number of thiazole rings is 1. The number of carbonyl (C=O) groups excluding carboxylic acids is 1. The Kier molecular flexibility index (Phi) is 4.73. The number of para-hydroxylation sites is 2. The molecule has 1 saturated heterocycles. The molecular weight excluding hydrogens is 427 g/mol. The van der Waals surface area contributed by atoms with Crippen molar-refractivity contribution in [3.63, 3.8) is 0 Å². The van der Waals surface area contributed by atoms with E-state index in [2.05, 4.69) is 30.2 Å². The van der Waals surface area contributed by atoms with Gasteiger partial charge in [-0.1, -0.05) is 12.1 Å². The first-order chi connectivity index (χ1) is 15.7. The first kappa shape index (κ1) is 19.5. The first-order valence-corrected chi connectivity index (χ1v) is 11.5. The molecule has 0 bridgehead atoms. The molecule has 4 aromatic rings. The number of likely N-dealkylation sites (tertiary alicyclic amines) is 1. The Morgan fingerprint density at radius 1 is 1.19 bits per heavy atom. The van der Waals surface area contributed by atoms with Crippen LogP contribution >= 0.6 is 11.3 Å². The van der Waals surface area contributed by atoms with Crippen molar-refractivity contribution in [3.8, 4) is 0 Å². The van der Waals surface area contributed by atoms with Gasteiger partial charge in [-0.15, -0.1) is 11.3 Å². The molecule has 0 radical (unpaired) electrons. The number of imidazole rings is 1. The smallest absolute Gasteiger partial charge is 0.271 e. The fourth-order valence-corrected chi connectivity index (χ4v) is 5.80. The van der Waals surface area contributed by atoms with E-state index in [4.69, 9.17) is 0 Å². The van der Waals surface area contributed by atoms with Crippen LogP contribution in [-0.2, 0) is 13.1 Å². The molecule has 6 rings (SSSR count). The number of rotatable bonds is 6. The molecule has 32 heavy (non-hydrogen) atoms. The number of benzene rings is 1. The van der Waals surface area contributed by atoms with Gasteiger partial charge in [0, 0.05) is 30.6 Å². The third-order valence-corrected chi connectivity index (χ3v) is 7.32. The second-order valence-electron chi connectivity index (χ2n) is 8.43. The number of pyridine rings is 1. The van der Waals surface area contributed by atoms with E-state index in [0.717, 1.165) is 41.5 Å². The highest BCUT2D eigenvalue weighted by atomic mass is 32.1. The summed E-state index contributed by atoms with van der Waals surface area (Å²) in [4.78, 5) is 31.5. The molecule has 2 N–H and O–H groups in total. The number of nitrogens with one attached hydrogen (secondary N) is 2. The number of fused-ring (bicyclic) bond motifs is 2. The first-order valence-electron chi connectivity index (χ1n) is 10.6. The summed E-state index contributed by atoms with van der Waals surface area (Å²) < 4.78 is 13.7. The monoisotopic (exact) mass is 448 g/mol. The van der Waals surface area contributed by atoms with Crippen molar-refractivity contribution >= 4 is 28.3 Å². The van der Waals surface area contributed by atoms with Gasteiger partial charge in [0.25, 0.3) is 5.91 Å². The van der Waals surface area contributed by atoms with E-state index in [-0.39, 0.29) is 18.1 Å². The van der Waals surface area contributed by atoms with Crippen molar-refractivity contribution in [2.45, 2.75) is 19.0 Å². The molecule has 2 unspecified atom stereocenters. The van der Waals surface area contributed by atoms with Crippen LogP contribution in [0, 0.1) is 17.7 Å². The number of hydrogen-bond acceptors (Lipinski definition) is 6. The summed E-state index contributed by atoms with van der Waals surface area (Å²) in [6, 6.07) is 10.9. The van der Waals surface area contributed by atoms with Gasteiger partial charge in [-0.05, 0) is 36.1 Å². The van der Waals surface area contributed by atoms with E-state index < -0.39 is 5.82 Å². The average molecular weight is 449 g/mol. The van der Waals surface area contributed by atoms with Crippen LogP contribution in [-0.4, -0.2) is 43.8 Å². The molecule has 3 aromatic heterocycles. The summed E-state index contributed by atoms with van der Waals surface area (Å²) in [5, 5.41) is 5.53. The minimum atomic E-state index is -0.426. The largest absolute Gasteiger partial charge is 0.345 e. The molecule has 4 heterocycles. The molecular formula is C23H21FN6OS. The van der Waals surface area contributed by atoms with Crippen LogP contribution in [0.2, 0.25) is 0 Å². The van der Waals surface area contributed by atoms with Crippen molar-refractivity contribution < 1.29 is 9.18 Å². The maximum atomic E-state index is 13.7. The van der Waals surface area contributed by atoms with E-state index in [1.54, 1.807) is 5.38 Å². The van der Waals surface area contributed by atoms with E-state index in [1.807, 2.05) is 24.3 Å². The molecule has 1 aliphatic heterocycles. The molecule has 2 atom stereocenters. The number of aromatic amines is 1. The zero-order valence-electron chi connectivity index (χ0n) is 17.2. The second-order valence-corrected chi connectivity index (χ2v) is 9.32. The summed E-state index contributed by atoms with van der Waals surface area (Å²) in [6.07, 6.45) is 1.51. The lowest BCUT2D eigenvalue weighted by atomic mass is 10.2. The molecule has 0 spiro atoms. The van der Waals surface area contributed by atoms with Crippen LogP contribution in [0.4, 0.5) is 4.39 Å². The normalized spacial score (nSPS) is 22.2. The van der Waals surface area contributed by atoms with Gasteiger partial charge in [-0.2, -0.15) is 0 Å². The Morgan fingerprint density at radius 3 is 2.84 bits per heavy atom. The highest BCUT2D eigenvalue weighted by Gasteiger charge is 2.57.